The molecule has 0 saturated heterocycles. The smallest absolute Gasteiger partial charge is 0.230 e. The van der Waals surface area contributed by atoms with E-state index in [-0.39, 0.29) is 17.7 Å². The zero-order valence-electron chi connectivity index (χ0n) is 12.7. The normalized spacial score (nSPS) is 12.0. The Balaban J connectivity index is 1.83. The molecule has 1 aromatic heterocycles. The maximum Gasteiger partial charge on any atom is 0.230 e. The van der Waals surface area contributed by atoms with E-state index in [1.807, 2.05) is 25.1 Å². The highest BCUT2D eigenvalue weighted by Gasteiger charge is 2.11. The van der Waals surface area contributed by atoms with Crippen molar-refractivity contribution < 1.29 is 9.53 Å². The van der Waals surface area contributed by atoms with E-state index in [0.717, 1.165) is 5.69 Å². The Labute approximate surface area is 148 Å². The van der Waals surface area contributed by atoms with E-state index in [9.17, 15) is 4.79 Å². The summed E-state index contributed by atoms with van der Waals surface area (Å²) in [6.45, 7) is 2.38. The summed E-state index contributed by atoms with van der Waals surface area (Å²) < 4.78 is 5.69. The van der Waals surface area contributed by atoms with Gasteiger partial charge in [0.15, 0.2) is 4.34 Å². The van der Waals surface area contributed by atoms with Gasteiger partial charge in [-0.3, -0.25) is 4.79 Å². The molecule has 1 heterocycles. The average Bonchev–Trinajstić information content (AvgIpc) is 2.95. The van der Waals surface area contributed by atoms with Crippen molar-refractivity contribution in [2.75, 3.05) is 24.8 Å². The van der Waals surface area contributed by atoms with Crippen LogP contribution in [0.4, 0.5) is 10.8 Å². The number of thioether (sulfide) groups is 1. The van der Waals surface area contributed by atoms with Crippen molar-refractivity contribution in [2.24, 2.45) is 0 Å². The first kappa shape index (κ1) is 18.0. The highest BCUT2D eigenvalue weighted by molar-refractivity contribution is 8.01. The summed E-state index contributed by atoms with van der Waals surface area (Å²) in [5, 5.41) is 15.3. The molecule has 0 unspecified atom stereocenters. The lowest BCUT2D eigenvalue weighted by atomic mass is 10.3. The van der Waals surface area contributed by atoms with E-state index in [1.165, 1.54) is 23.1 Å². The Morgan fingerprint density at radius 2 is 2.22 bits per heavy atom. The van der Waals surface area contributed by atoms with Crippen molar-refractivity contribution in [2.45, 2.75) is 17.3 Å². The Kier molecular flexibility index (Phi) is 7.10. The number of ether oxygens (including phenoxy) is 1. The molecule has 1 aromatic carbocycles. The highest BCUT2D eigenvalue weighted by Crippen LogP contribution is 2.30. The summed E-state index contributed by atoms with van der Waals surface area (Å²) in [6, 6.07) is 7.39. The minimum absolute atomic E-state index is 0.0139. The molecule has 0 bridgehead atoms. The van der Waals surface area contributed by atoms with Crippen molar-refractivity contribution in [1.82, 2.24) is 15.5 Å². The lowest BCUT2D eigenvalue weighted by Crippen LogP contribution is -2.36. The molecule has 0 radical (unpaired) electrons. The molecule has 0 spiro atoms. The fourth-order valence-corrected chi connectivity index (χ4v) is 3.49. The summed E-state index contributed by atoms with van der Waals surface area (Å²) in [7, 11) is 1.60. The topological polar surface area (TPSA) is 76.1 Å². The SMILES string of the molecule is COC[C@H](C)NC(=O)CSc1nnc(Nc2ccccc2Cl)s1. The molecule has 2 rings (SSSR count). The number of aromatic nitrogens is 2. The Morgan fingerprint density at radius 1 is 1.43 bits per heavy atom. The molecule has 9 heteroatoms. The molecule has 0 aliphatic heterocycles. The fraction of sp³-hybridized carbons (Fsp3) is 0.357. The zero-order valence-corrected chi connectivity index (χ0v) is 15.1. The van der Waals surface area contributed by atoms with Gasteiger partial charge in [0.05, 0.1) is 23.1 Å². The number of nitrogens with zero attached hydrogens (tertiary/aromatic N) is 2. The summed E-state index contributed by atoms with van der Waals surface area (Å²) in [6.07, 6.45) is 0. The van der Waals surface area contributed by atoms with E-state index < -0.39 is 0 Å². The van der Waals surface area contributed by atoms with Crippen LogP contribution in [-0.2, 0) is 9.53 Å². The maximum atomic E-state index is 11.8. The number of carbonyl (C=O) groups excluding carboxylic acids is 1. The zero-order chi connectivity index (χ0) is 16.7. The molecule has 0 aliphatic carbocycles. The summed E-state index contributed by atoms with van der Waals surface area (Å²) in [5.74, 6) is 0.227. The highest BCUT2D eigenvalue weighted by atomic mass is 35.5. The number of methoxy groups -OCH3 is 1. The number of rotatable bonds is 8. The van der Waals surface area contributed by atoms with Crippen LogP contribution in [0.3, 0.4) is 0 Å². The Bertz CT molecular complexity index is 653. The third kappa shape index (κ3) is 5.98. The van der Waals surface area contributed by atoms with Gasteiger partial charge in [-0.1, -0.05) is 46.8 Å². The molecule has 0 aliphatic rings. The third-order valence-corrected chi connectivity index (χ3v) is 4.97. The minimum atomic E-state index is -0.0598. The van der Waals surface area contributed by atoms with Crippen LogP contribution in [0.2, 0.25) is 5.02 Å². The van der Waals surface area contributed by atoms with E-state index in [2.05, 4.69) is 20.8 Å². The standard InChI is InChI=1S/C14H17ClN4O2S2/c1-9(7-21-2)16-12(20)8-22-14-19-18-13(23-14)17-11-6-4-3-5-10(11)15/h3-6,9H,7-8H2,1-2H3,(H,16,20)(H,17,18)/t9-/m0/s1. The fourth-order valence-electron chi connectivity index (χ4n) is 1.73. The molecule has 1 atom stereocenters. The van der Waals surface area contributed by atoms with Gasteiger partial charge in [-0.15, -0.1) is 10.2 Å². The van der Waals surface area contributed by atoms with Gasteiger partial charge < -0.3 is 15.4 Å². The van der Waals surface area contributed by atoms with Crippen LogP contribution in [0, 0.1) is 0 Å². The predicted octanol–water partition coefficient (Wildman–Crippen LogP) is 3.18. The van der Waals surface area contributed by atoms with Crippen LogP contribution >= 0.6 is 34.7 Å². The number of hydrogen-bond donors (Lipinski definition) is 2. The van der Waals surface area contributed by atoms with Crippen LogP contribution in [0.1, 0.15) is 6.92 Å². The van der Waals surface area contributed by atoms with E-state index in [1.54, 1.807) is 13.2 Å². The van der Waals surface area contributed by atoms with Crippen LogP contribution in [-0.4, -0.2) is 41.6 Å². The Morgan fingerprint density at radius 3 is 2.96 bits per heavy atom. The second-order valence-corrected chi connectivity index (χ2v) is 7.30. The first-order valence-electron chi connectivity index (χ1n) is 6.84. The molecule has 0 saturated carbocycles. The number of amides is 1. The Hall–Kier alpha value is -1.35. The van der Waals surface area contributed by atoms with Gasteiger partial charge >= 0.3 is 0 Å². The van der Waals surface area contributed by atoms with Crippen LogP contribution < -0.4 is 10.6 Å². The molecule has 0 fully saturated rings. The first-order chi connectivity index (χ1) is 11.1. The second-order valence-electron chi connectivity index (χ2n) is 4.69. The lowest BCUT2D eigenvalue weighted by molar-refractivity contribution is -0.119. The quantitative estimate of drug-likeness (QED) is 0.693. The number of para-hydroxylation sites is 1. The van der Waals surface area contributed by atoms with Gasteiger partial charge in [-0.05, 0) is 19.1 Å². The first-order valence-corrected chi connectivity index (χ1v) is 9.02. The van der Waals surface area contributed by atoms with Gasteiger partial charge in [-0.25, -0.2) is 0 Å². The van der Waals surface area contributed by atoms with Crippen molar-refractivity contribution in [3.05, 3.63) is 29.3 Å². The predicted molar refractivity (Wildman–Crippen MR) is 94.8 cm³/mol. The minimum Gasteiger partial charge on any atom is -0.383 e. The molecule has 1 amide bonds. The van der Waals surface area contributed by atoms with Crippen molar-refractivity contribution in [1.29, 1.82) is 0 Å². The molecule has 2 N–H and O–H groups in total. The van der Waals surface area contributed by atoms with Crippen LogP contribution in [0.15, 0.2) is 28.6 Å². The third-order valence-electron chi connectivity index (χ3n) is 2.67. The monoisotopic (exact) mass is 372 g/mol. The van der Waals surface area contributed by atoms with Gasteiger partial charge in [0, 0.05) is 13.2 Å². The van der Waals surface area contributed by atoms with Gasteiger partial charge in [0.25, 0.3) is 0 Å². The van der Waals surface area contributed by atoms with E-state index in [0.29, 0.717) is 21.1 Å². The van der Waals surface area contributed by atoms with Gasteiger partial charge in [0.1, 0.15) is 0 Å². The number of carbonyl (C=O) groups is 1. The van der Waals surface area contributed by atoms with Crippen LogP contribution in [0.25, 0.3) is 0 Å². The number of halogens is 1. The molecule has 6 nitrogen and oxygen atoms in total. The average molecular weight is 373 g/mol. The number of anilines is 2. The summed E-state index contributed by atoms with van der Waals surface area (Å²) in [4.78, 5) is 11.8. The van der Waals surface area contributed by atoms with Crippen molar-refractivity contribution in [3.8, 4) is 0 Å². The molecule has 124 valence electrons. The van der Waals surface area contributed by atoms with Crippen molar-refractivity contribution >= 4 is 51.4 Å². The largest absolute Gasteiger partial charge is 0.383 e. The van der Waals surface area contributed by atoms with E-state index in [4.69, 9.17) is 16.3 Å². The number of benzene rings is 1. The van der Waals surface area contributed by atoms with E-state index >= 15 is 0 Å². The van der Waals surface area contributed by atoms with Crippen molar-refractivity contribution in [3.63, 3.8) is 0 Å². The summed E-state index contributed by atoms with van der Waals surface area (Å²) in [5.41, 5.74) is 0.771. The number of nitrogens with one attached hydrogen (secondary N) is 2. The lowest BCUT2D eigenvalue weighted by Gasteiger charge is -2.11. The van der Waals surface area contributed by atoms with Gasteiger partial charge in [0.2, 0.25) is 11.0 Å². The summed E-state index contributed by atoms with van der Waals surface area (Å²) >= 11 is 8.80. The maximum absolute atomic E-state index is 11.8. The van der Waals surface area contributed by atoms with Crippen LogP contribution in [0.5, 0.6) is 0 Å². The van der Waals surface area contributed by atoms with Gasteiger partial charge in [-0.2, -0.15) is 0 Å². The molecule has 23 heavy (non-hydrogen) atoms. The molecular formula is C14H17ClN4O2S2. The molecular weight excluding hydrogens is 356 g/mol. The second kappa shape index (κ2) is 9.07. The number of hydrogen-bond acceptors (Lipinski definition) is 7. The molecule has 2 aromatic rings.